The molecule has 2 fully saturated rings. The lowest BCUT2D eigenvalue weighted by molar-refractivity contribution is 0.0507. The van der Waals surface area contributed by atoms with E-state index >= 15 is 0 Å². The molecular weight excluding hydrogens is 390 g/mol. The van der Waals surface area contributed by atoms with Crippen LogP contribution in [0.5, 0.6) is 0 Å². The number of benzene rings is 1. The van der Waals surface area contributed by atoms with Gasteiger partial charge in [-0.15, -0.1) is 0 Å². The van der Waals surface area contributed by atoms with Gasteiger partial charge in [-0.3, -0.25) is 4.98 Å². The Bertz CT molecular complexity index is 1040. The van der Waals surface area contributed by atoms with Crippen LogP contribution in [-0.4, -0.2) is 48.5 Å². The predicted molar refractivity (Wildman–Crippen MR) is 110 cm³/mol. The van der Waals surface area contributed by atoms with Gasteiger partial charge in [0.2, 0.25) is 10.0 Å². The van der Waals surface area contributed by atoms with Crippen molar-refractivity contribution < 1.29 is 17.9 Å². The minimum atomic E-state index is -3.68. The van der Waals surface area contributed by atoms with Crippen LogP contribution in [0.3, 0.4) is 0 Å². The number of ether oxygens (including phenoxy) is 1. The van der Waals surface area contributed by atoms with Crippen LogP contribution in [-0.2, 0) is 14.8 Å². The first-order valence-electron chi connectivity index (χ1n) is 10.0. The molecule has 1 N–H and O–H groups in total. The van der Waals surface area contributed by atoms with Gasteiger partial charge in [0.05, 0.1) is 4.90 Å². The van der Waals surface area contributed by atoms with Gasteiger partial charge in [-0.2, -0.15) is 4.31 Å². The molecule has 0 bridgehead atoms. The summed E-state index contributed by atoms with van der Waals surface area (Å²) in [6.45, 7) is 5.99. The Balaban J connectivity index is 1.58. The third-order valence-electron chi connectivity index (χ3n) is 5.28. The molecular formula is C21H27N3O4S. The van der Waals surface area contributed by atoms with E-state index < -0.39 is 21.7 Å². The lowest BCUT2D eigenvalue weighted by atomic mass is 10.0. The van der Waals surface area contributed by atoms with E-state index in [1.54, 1.807) is 45.3 Å². The van der Waals surface area contributed by atoms with Gasteiger partial charge in [-0.1, -0.05) is 12.1 Å². The van der Waals surface area contributed by atoms with Crippen LogP contribution in [0.4, 0.5) is 4.79 Å². The van der Waals surface area contributed by atoms with E-state index in [9.17, 15) is 13.2 Å². The molecule has 2 aliphatic rings. The van der Waals surface area contributed by atoms with Crippen LogP contribution in [0.15, 0.2) is 35.5 Å². The molecule has 1 saturated carbocycles. The van der Waals surface area contributed by atoms with Crippen molar-refractivity contribution in [2.45, 2.75) is 62.5 Å². The number of alkyl carbamates (subject to hydrolysis) is 1. The fraction of sp³-hybridized carbons (Fsp3) is 0.524. The topological polar surface area (TPSA) is 88.6 Å². The minimum Gasteiger partial charge on any atom is -0.444 e. The highest BCUT2D eigenvalue weighted by molar-refractivity contribution is 7.89. The zero-order valence-corrected chi connectivity index (χ0v) is 17.8. The molecule has 2 aromatic rings. The second kappa shape index (κ2) is 7.25. The van der Waals surface area contributed by atoms with E-state index in [0.29, 0.717) is 23.8 Å². The zero-order chi connectivity index (χ0) is 20.8. The lowest BCUT2D eigenvalue weighted by Gasteiger charge is -2.22. The highest BCUT2D eigenvalue weighted by atomic mass is 32.2. The van der Waals surface area contributed by atoms with Gasteiger partial charge in [-0.05, 0) is 57.6 Å². The maximum absolute atomic E-state index is 13.5. The molecule has 156 valence electrons. The monoisotopic (exact) mass is 417 g/mol. The Morgan fingerprint density at radius 1 is 1.21 bits per heavy atom. The number of sulfonamides is 1. The van der Waals surface area contributed by atoms with Gasteiger partial charge in [-0.25, -0.2) is 13.2 Å². The summed E-state index contributed by atoms with van der Waals surface area (Å²) >= 11 is 0. The number of rotatable bonds is 4. The largest absolute Gasteiger partial charge is 0.444 e. The molecule has 1 amide bonds. The fourth-order valence-corrected chi connectivity index (χ4v) is 5.57. The van der Waals surface area contributed by atoms with Crippen LogP contribution in [0.25, 0.3) is 10.8 Å². The molecule has 2 heterocycles. The summed E-state index contributed by atoms with van der Waals surface area (Å²) in [5.74, 6) is 0.391. The number of nitrogens with zero attached hydrogens (tertiary/aromatic N) is 2. The molecule has 0 unspecified atom stereocenters. The minimum absolute atomic E-state index is 0.238. The van der Waals surface area contributed by atoms with Gasteiger partial charge in [0, 0.05) is 42.3 Å². The van der Waals surface area contributed by atoms with Crippen LogP contribution in [0.2, 0.25) is 0 Å². The summed E-state index contributed by atoms with van der Waals surface area (Å²) in [6.07, 6.45) is 5.70. The summed E-state index contributed by atoms with van der Waals surface area (Å²) in [5.41, 5.74) is 0.425. The van der Waals surface area contributed by atoms with Crippen LogP contribution in [0.1, 0.15) is 51.5 Å². The van der Waals surface area contributed by atoms with Crippen molar-refractivity contribution in [1.29, 1.82) is 0 Å². The number of carbonyl (C=O) groups is 1. The molecule has 1 atom stereocenters. The second-order valence-corrected chi connectivity index (χ2v) is 10.8. The number of hydrogen-bond donors (Lipinski definition) is 1. The summed E-state index contributed by atoms with van der Waals surface area (Å²) < 4.78 is 33.7. The predicted octanol–water partition coefficient (Wildman–Crippen LogP) is 3.40. The highest BCUT2D eigenvalue weighted by Gasteiger charge is 2.36. The Kier molecular flexibility index (Phi) is 5.02. The molecule has 8 heteroatoms. The summed E-state index contributed by atoms with van der Waals surface area (Å²) in [4.78, 5) is 16.7. The van der Waals surface area contributed by atoms with Crippen molar-refractivity contribution in [1.82, 2.24) is 14.6 Å². The molecule has 0 spiro atoms. The summed E-state index contributed by atoms with van der Waals surface area (Å²) in [5, 5.41) is 4.42. The molecule has 1 saturated heterocycles. The first-order chi connectivity index (χ1) is 13.6. The molecule has 4 rings (SSSR count). The van der Waals surface area contributed by atoms with E-state index in [1.807, 2.05) is 6.07 Å². The molecule has 29 heavy (non-hydrogen) atoms. The van der Waals surface area contributed by atoms with E-state index in [-0.39, 0.29) is 12.6 Å². The summed E-state index contributed by atoms with van der Waals surface area (Å²) in [6, 6.07) is 5.08. The van der Waals surface area contributed by atoms with Crippen molar-refractivity contribution in [3.05, 3.63) is 36.2 Å². The second-order valence-electron chi connectivity index (χ2n) is 8.85. The third-order valence-corrected chi connectivity index (χ3v) is 7.19. The number of amides is 1. The number of hydrogen-bond acceptors (Lipinski definition) is 5. The van der Waals surface area contributed by atoms with Crippen molar-refractivity contribution >= 4 is 26.9 Å². The standard InChI is InChI=1S/C21H27N3O4S/c1-21(2,3)28-20(25)23-16-9-10-24(13-16)29(26,27)18-6-4-5-15-11-22-12-17(19(15)18)14-7-8-14/h4-6,11-12,14,16H,7-10,13H2,1-3H3,(H,23,25)/t16-/m0/s1. The fourth-order valence-electron chi connectivity index (χ4n) is 3.82. The van der Waals surface area contributed by atoms with Crippen molar-refractivity contribution in [3.8, 4) is 0 Å². The average molecular weight is 418 g/mol. The number of fused-ring (bicyclic) bond motifs is 1. The van der Waals surface area contributed by atoms with Crippen LogP contribution in [0, 0.1) is 0 Å². The van der Waals surface area contributed by atoms with Crippen LogP contribution >= 0.6 is 0 Å². The maximum atomic E-state index is 13.5. The van der Waals surface area contributed by atoms with E-state index in [4.69, 9.17) is 4.74 Å². The Hall–Kier alpha value is -2.19. The highest BCUT2D eigenvalue weighted by Crippen LogP contribution is 2.44. The van der Waals surface area contributed by atoms with E-state index in [0.717, 1.165) is 29.2 Å². The molecule has 1 aliphatic carbocycles. The van der Waals surface area contributed by atoms with E-state index in [2.05, 4.69) is 10.3 Å². The van der Waals surface area contributed by atoms with Gasteiger partial charge >= 0.3 is 6.09 Å². The normalized spacial score (nSPS) is 20.7. The first-order valence-corrected chi connectivity index (χ1v) is 11.5. The van der Waals surface area contributed by atoms with Gasteiger partial charge in [0.25, 0.3) is 0 Å². The van der Waals surface area contributed by atoms with Crippen molar-refractivity contribution in [3.63, 3.8) is 0 Å². The first kappa shape index (κ1) is 20.1. The average Bonchev–Trinajstić information content (AvgIpc) is 3.37. The third kappa shape index (κ3) is 4.23. The smallest absolute Gasteiger partial charge is 0.407 e. The zero-order valence-electron chi connectivity index (χ0n) is 17.0. The van der Waals surface area contributed by atoms with Crippen molar-refractivity contribution in [2.24, 2.45) is 0 Å². The summed E-state index contributed by atoms with van der Waals surface area (Å²) in [7, 11) is -3.68. The Morgan fingerprint density at radius 3 is 2.66 bits per heavy atom. The van der Waals surface area contributed by atoms with Crippen molar-refractivity contribution in [2.75, 3.05) is 13.1 Å². The van der Waals surface area contributed by atoms with Crippen LogP contribution < -0.4 is 5.32 Å². The molecule has 1 aromatic carbocycles. The number of nitrogens with one attached hydrogen (secondary N) is 1. The quantitative estimate of drug-likeness (QED) is 0.824. The Labute approximate surface area is 171 Å². The SMILES string of the molecule is CC(C)(C)OC(=O)N[C@H]1CCN(S(=O)(=O)c2cccc3cncc(C4CC4)c23)C1. The molecule has 1 aliphatic heterocycles. The van der Waals surface area contributed by atoms with Gasteiger partial charge in [0.15, 0.2) is 0 Å². The lowest BCUT2D eigenvalue weighted by Crippen LogP contribution is -2.41. The Morgan fingerprint density at radius 2 is 1.97 bits per heavy atom. The molecule has 7 nitrogen and oxygen atoms in total. The van der Waals surface area contributed by atoms with Gasteiger partial charge in [0.1, 0.15) is 5.60 Å². The van der Waals surface area contributed by atoms with Gasteiger partial charge < -0.3 is 10.1 Å². The maximum Gasteiger partial charge on any atom is 0.407 e. The number of aromatic nitrogens is 1. The molecule has 0 radical (unpaired) electrons. The number of pyridine rings is 1. The molecule has 1 aromatic heterocycles. The number of carbonyl (C=O) groups excluding carboxylic acids is 1. The van der Waals surface area contributed by atoms with E-state index in [1.165, 1.54) is 4.31 Å².